The molecule has 1 aliphatic carbocycles. The summed E-state index contributed by atoms with van der Waals surface area (Å²) in [4.78, 5) is 1.29. The molecule has 0 bridgehead atoms. The van der Waals surface area contributed by atoms with Gasteiger partial charge in [0.05, 0.1) is 17.6 Å². The summed E-state index contributed by atoms with van der Waals surface area (Å²) in [6.45, 7) is 3.70. The van der Waals surface area contributed by atoms with Gasteiger partial charge in [0, 0.05) is 17.7 Å². The third kappa shape index (κ3) is 2.37. The smallest absolute Gasteiger partial charge is 0.169 e. The van der Waals surface area contributed by atoms with Crippen LogP contribution in [0.3, 0.4) is 0 Å². The third-order valence-electron chi connectivity index (χ3n) is 3.90. The molecule has 1 aromatic heterocycles. The van der Waals surface area contributed by atoms with Crippen LogP contribution in [0.1, 0.15) is 37.5 Å². The Morgan fingerprint density at radius 3 is 2.44 bits per heavy atom. The molecule has 4 heteroatoms. The van der Waals surface area contributed by atoms with Crippen LogP contribution < -0.4 is 0 Å². The number of rotatable bonds is 1. The zero-order chi connectivity index (χ0) is 12.6. The minimum Gasteiger partial charge on any atom is -0.348 e. The van der Waals surface area contributed by atoms with Crippen molar-refractivity contribution in [3.8, 4) is 0 Å². The lowest BCUT2D eigenvalue weighted by Crippen LogP contribution is -2.33. The van der Waals surface area contributed by atoms with Crippen LogP contribution in [0.2, 0.25) is 4.34 Å². The van der Waals surface area contributed by atoms with Crippen LogP contribution in [-0.2, 0) is 9.47 Å². The molecule has 0 unspecified atom stereocenters. The van der Waals surface area contributed by atoms with Crippen molar-refractivity contribution >= 4 is 28.5 Å². The number of hydrogen-bond donors (Lipinski definition) is 0. The van der Waals surface area contributed by atoms with Crippen molar-refractivity contribution in [2.45, 2.75) is 38.4 Å². The summed E-state index contributed by atoms with van der Waals surface area (Å²) in [6.07, 6.45) is 4.11. The van der Waals surface area contributed by atoms with Crippen LogP contribution in [0.5, 0.6) is 0 Å². The van der Waals surface area contributed by atoms with Gasteiger partial charge < -0.3 is 9.47 Å². The van der Waals surface area contributed by atoms with Crippen molar-refractivity contribution in [2.24, 2.45) is 0 Å². The van der Waals surface area contributed by atoms with Crippen molar-refractivity contribution in [1.29, 1.82) is 0 Å². The monoisotopic (exact) mass is 284 g/mol. The Morgan fingerprint density at radius 2 is 1.89 bits per heavy atom. The molecule has 1 saturated heterocycles. The molecule has 18 heavy (non-hydrogen) atoms. The highest BCUT2D eigenvalue weighted by atomic mass is 35.5. The lowest BCUT2D eigenvalue weighted by Gasteiger charge is -2.33. The summed E-state index contributed by atoms with van der Waals surface area (Å²) in [7, 11) is 0. The summed E-state index contributed by atoms with van der Waals surface area (Å²) < 4.78 is 12.4. The zero-order valence-electron chi connectivity index (χ0n) is 10.5. The maximum Gasteiger partial charge on any atom is 0.169 e. The molecule has 2 nitrogen and oxygen atoms in total. The molecular formula is C14H17ClO2S. The Hall–Kier alpha value is -0.350. The van der Waals surface area contributed by atoms with E-state index in [0.29, 0.717) is 0 Å². The van der Waals surface area contributed by atoms with E-state index in [1.54, 1.807) is 11.3 Å². The molecule has 0 amide bonds. The van der Waals surface area contributed by atoms with E-state index in [2.05, 4.69) is 13.0 Å². The molecule has 2 heterocycles. The van der Waals surface area contributed by atoms with Gasteiger partial charge in [-0.25, -0.2) is 0 Å². The quantitative estimate of drug-likeness (QED) is 0.756. The molecule has 0 aromatic carbocycles. The van der Waals surface area contributed by atoms with Crippen LogP contribution in [0.4, 0.5) is 0 Å². The summed E-state index contributed by atoms with van der Waals surface area (Å²) in [5.74, 6) is -0.267. The summed E-state index contributed by atoms with van der Waals surface area (Å²) >= 11 is 7.66. The average molecular weight is 285 g/mol. The molecule has 0 N–H and O–H groups in total. The van der Waals surface area contributed by atoms with Gasteiger partial charge in [0.25, 0.3) is 0 Å². The molecule has 0 atom stereocenters. The minimum atomic E-state index is -0.267. The van der Waals surface area contributed by atoms with Crippen LogP contribution in [0.25, 0.3) is 5.57 Å². The first-order chi connectivity index (χ1) is 8.69. The SMILES string of the molecule is CC(=C1CCC2(CC1)OCCO2)c1ccc(Cl)s1. The normalized spacial score (nSPS) is 22.7. The van der Waals surface area contributed by atoms with Crippen LogP contribution in [0.15, 0.2) is 17.7 Å². The molecule has 1 aromatic rings. The van der Waals surface area contributed by atoms with E-state index in [0.717, 1.165) is 43.2 Å². The highest BCUT2D eigenvalue weighted by molar-refractivity contribution is 7.17. The fourth-order valence-electron chi connectivity index (χ4n) is 2.78. The first-order valence-electron chi connectivity index (χ1n) is 6.41. The molecule has 3 rings (SSSR count). The minimum absolute atomic E-state index is 0.267. The van der Waals surface area contributed by atoms with Crippen molar-refractivity contribution in [3.63, 3.8) is 0 Å². The van der Waals surface area contributed by atoms with E-state index >= 15 is 0 Å². The topological polar surface area (TPSA) is 18.5 Å². The molecule has 98 valence electrons. The first-order valence-corrected chi connectivity index (χ1v) is 7.60. The maximum atomic E-state index is 6.00. The van der Waals surface area contributed by atoms with E-state index in [1.807, 2.05) is 6.07 Å². The number of halogens is 1. The highest BCUT2D eigenvalue weighted by Crippen LogP contribution is 2.41. The Kier molecular flexibility index (Phi) is 3.50. The molecule has 2 fully saturated rings. The van der Waals surface area contributed by atoms with E-state index in [4.69, 9.17) is 21.1 Å². The third-order valence-corrected chi connectivity index (χ3v) is 5.25. The fraction of sp³-hybridized carbons (Fsp3) is 0.571. The standard InChI is InChI=1S/C14H17ClO2S/c1-10(12-2-3-13(15)18-12)11-4-6-14(7-5-11)16-8-9-17-14/h2-3H,4-9H2,1H3. The van der Waals surface area contributed by atoms with Gasteiger partial charge >= 0.3 is 0 Å². The summed E-state index contributed by atoms with van der Waals surface area (Å²) in [5, 5.41) is 0. The lowest BCUT2D eigenvalue weighted by atomic mass is 9.87. The second-order valence-electron chi connectivity index (χ2n) is 4.94. The van der Waals surface area contributed by atoms with Gasteiger partial charge in [0.2, 0.25) is 0 Å². The fourth-order valence-corrected chi connectivity index (χ4v) is 3.88. The van der Waals surface area contributed by atoms with Crippen molar-refractivity contribution in [2.75, 3.05) is 13.2 Å². The molecule has 2 aliphatic rings. The van der Waals surface area contributed by atoms with Crippen molar-refractivity contribution < 1.29 is 9.47 Å². The van der Waals surface area contributed by atoms with E-state index in [-0.39, 0.29) is 5.79 Å². The largest absolute Gasteiger partial charge is 0.348 e. The van der Waals surface area contributed by atoms with Gasteiger partial charge in [-0.3, -0.25) is 0 Å². The maximum absolute atomic E-state index is 6.00. The highest BCUT2D eigenvalue weighted by Gasteiger charge is 2.39. The molecule has 1 aliphatic heterocycles. The van der Waals surface area contributed by atoms with Crippen molar-refractivity contribution in [1.82, 2.24) is 0 Å². The van der Waals surface area contributed by atoms with Gasteiger partial charge in [-0.15, -0.1) is 11.3 Å². The number of hydrogen-bond acceptors (Lipinski definition) is 3. The summed E-state index contributed by atoms with van der Waals surface area (Å²) in [6, 6.07) is 4.08. The van der Waals surface area contributed by atoms with Gasteiger partial charge in [-0.2, -0.15) is 0 Å². The Bertz CT molecular complexity index is 460. The molecule has 1 spiro atoms. The number of ether oxygens (including phenoxy) is 2. The Labute approximate surface area is 117 Å². The Balaban J connectivity index is 1.75. The first kappa shape index (κ1) is 12.7. The zero-order valence-corrected chi connectivity index (χ0v) is 12.1. The summed E-state index contributed by atoms with van der Waals surface area (Å²) in [5.41, 5.74) is 2.91. The second kappa shape index (κ2) is 4.97. The van der Waals surface area contributed by atoms with E-state index in [1.165, 1.54) is 16.0 Å². The predicted molar refractivity (Wildman–Crippen MR) is 75.0 cm³/mol. The Morgan fingerprint density at radius 1 is 1.22 bits per heavy atom. The van der Waals surface area contributed by atoms with Gasteiger partial charge in [0.1, 0.15) is 0 Å². The van der Waals surface area contributed by atoms with E-state index < -0.39 is 0 Å². The molecule has 0 radical (unpaired) electrons. The molecule has 1 saturated carbocycles. The lowest BCUT2D eigenvalue weighted by molar-refractivity contribution is -0.171. The molecular weight excluding hydrogens is 268 g/mol. The van der Waals surface area contributed by atoms with Crippen LogP contribution in [-0.4, -0.2) is 19.0 Å². The number of allylic oxidation sites excluding steroid dienone is 2. The van der Waals surface area contributed by atoms with Crippen molar-refractivity contribution in [3.05, 3.63) is 26.9 Å². The van der Waals surface area contributed by atoms with Crippen LogP contribution in [0, 0.1) is 0 Å². The van der Waals surface area contributed by atoms with Crippen LogP contribution >= 0.6 is 22.9 Å². The van der Waals surface area contributed by atoms with Gasteiger partial charge in [-0.05, 0) is 37.5 Å². The average Bonchev–Trinajstić information content (AvgIpc) is 3.00. The second-order valence-corrected chi connectivity index (χ2v) is 6.66. The van der Waals surface area contributed by atoms with Gasteiger partial charge in [0.15, 0.2) is 5.79 Å². The predicted octanol–water partition coefficient (Wildman–Crippen LogP) is 4.49. The number of thiophene rings is 1. The van der Waals surface area contributed by atoms with E-state index in [9.17, 15) is 0 Å². The van der Waals surface area contributed by atoms with Gasteiger partial charge in [-0.1, -0.05) is 17.2 Å².